The number of nitrogens with one attached hydrogen (secondary N) is 1. The highest BCUT2D eigenvalue weighted by Gasteiger charge is 2.36. The first kappa shape index (κ1) is 13.1. The molecule has 1 aromatic heterocycles. The highest BCUT2D eigenvalue weighted by molar-refractivity contribution is 4.96. The molecule has 5 heteroatoms. The summed E-state index contributed by atoms with van der Waals surface area (Å²) in [5.74, 6) is 2.70. The topological polar surface area (TPSA) is 46.0 Å². The molecule has 1 N–H and O–H groups in total. The van der Waals surface area contributed by atoms with Crippen LogP contribution in [0.25, 0.3) is 0 Å². The third-order valence-electron chi connectivity index (χ3n) is 4.47. The average molecular weight is 263 g/mol. The second kappa shape index (κ2) is 5.59. The molecule has 1 aliphatic carbocycles. The van der Waals surface area contributed by atoms with Gasteiger partial charge in [-0.15, -0.1) is 10.2 Å². The van der Waals surface area contributed by atoms with Gasteiger partial charge < -0.3 is 9.88 Å². The van der Waals surface area contributed by atoms with Crippen LogP contribution in [0.5, 0.6) is 0 Å². The van der Waals surface area contributed by atoms with Crippen LogP contribution < -0.4 is 5.32 Å². The van der Waals surface area contributed by atoms with Crippen LogP contribution in [0.1, 0.15) is 32.5 Å². The van der Waals surface area contributed by atoms with Crippen molar-refractivity contribution in [1.29, 1.82) is 0 Å². The molecule has 1 aromatic rings. The van der Waals surface area contributed by atoms with Gasteiger partial charge in [0, 0.05) is 19.1 Å². The first-order valence-corrected chi connectivity index (χ1v) is 7.55. The molecular weight excluding hydrogens is 238 g/mol. The fourth-order valence-electron chi connectivity index (χ4n) is 3.20. The minimum Gasteiger partial charge on any atom is -0.316 e. The van der Waals surface area contributed by atoms with E-state index in [2.05, 4.69) is 38.8 Å². The van der Waals surface area contributed by atoms with Gasteiger partial charge in [0.15, 0.2) is 0 Å². The van der Waals surface area contributed by atoms with Crippen molar-refractivity contribution in [2.45, 2.75) is 45.8 Å². The summed E-state index contributed by atoms with van der Waals surface area (Å²) in [6.45, 7) is 10.0. The molecule has 0 saturated heterocycles. The summed E-state index contributed by atoms with van der Waals surface area (Å²) in [5.41, 5.74) is 0. The Bertz CT molecular complexity index is 414. The highest BCUT2D eigenvalue weighted by atomic mass is 15.3. The van der Waals surface area contributed by atoms with Gasteiger partial charge >= 0.3 is 0 Å². The highest BCUT2D eigenvalue weighted by Crippen LogP contribution is 2.33. The van der Waals surface area contributed by atoms with E-state index in [0.717, 1.165) is 49.9 Å². The third-order valence-corrected chi connectivity index (χ3v) is 4.47. The number of nitrogens with zero attached hydrogens (tertiary/aromatic N) is 4. The molecule has 0 amide bonds. The standard InChI is InChI=1S/C14H25N5/c1-11(2)7-15-8-12-3-4-13(12)18-5-6-19-10-16-17-14(19)9-18/h10-13,15H,3-9H2,1-2H3. The first-order valence-electron chi connectivity index (χ1n) is 7.55. The number of aromatic nitrogens is 3. The fourth-order valence-corrected chi connectivity index (χ4v) is 3.20. The molecule has 1 saturated carbocycles. The second-order valence-corrected chi connectivity index (χ2v) is 6.37. The lowest BCUT2D eigenvalue weighted by atomic mass is 9.78. The molecule has 0 radical (unpaired) electrons. The molecule has 0 aromatic carbocycles. The van der Waals surface area contributed by atoms with Crippen LogP contribution in [0.2, 0.25) is 0 Å². The van der Waals surface area contributed by atoms with E-state index in [4.69, 9.17) is 0 Å². The molecule has 2 aliphatic rings. The van der Waals surface area contributed by atoms with E-state index in [1.807, 2.05) is 6.33 Å². The average Bonchev–Trinajstić information content (AvgIpc) is 2.80. The van der Waals surface area contributed by atoms with Gasteiger partial charge in [-0.05, 0) is 37.8 Å². The quantitative estimate of drug-likeness (QED) is 0.864. The Hall–Kier alpha value is -0.940. The molecule has 3 rings (SSSR count). The fraction of sp³-hybridized carbons (Fsp3) is 0.857. The lowest BCUT2D eigenvalue weighted by Crippen LogP contribution is -2.52. The van der Waals surface area contributed by atoms with Crippen molar-refractivity contribution in [3.05, 3.63) is 12.2 Å². The summed E-state index contributed by atoms with van der Waals surface area (Å²) in [7, 11) is 0. The lowest BCUT2D eigenvalue weighted by Gasteiger charge is -2.45. The van der Waals surface area contributed by atoms with E-state index >= 15 is 0 Å². The van der Waals surface area contributed by atoms with Gasteiger partial charge in [0.05, 0.1) is 6.54 Å². The van der Waals surface area contributed by atoms with Crippen LogP contribution in [0.15, 0.2) is 6.33 Å². The van der Waals surface area contributed by atoms with Crippen molar-refractivity contribution in [1.82, 2.24) is 25.0 Å². The Morgan fingerprint density at radius 2 is 2.26 bits per heavy atom. The van der Waals surface area contributed by atoms with Crippen molar-refractivity contribution in [2.75, 3.05) is 19.6 Å². The predicted octanol–water partition coefficient (Wildman–Crippen LogP) is 1.12. The SMILES string of the molecule is CC(C)CNCC1CCC1N1CCn2cnnc2C1. The molecule has 1 fully saturated rings. The van der Waals surface area contributed by atoms with Crippen molar-refractivity contribution in [3.63, 3.8) is 0 Å². The van der Waals surface area contributed by atoms with Crippen molar-refractivity contribution in [3.8, 4) is 0 Å². The third kappa shape index (κ3) is 2.82. The Balaban J connectivity index is 1.50. The van der Waals surface area contributed by atoms with Crippen LogP contribution in [-0.2, 0) is 13.1 Å². The Labute approximate surface area is 115 Å². The van der Waals surface area contributed by atoms with Crippen molar-refractivity contribution >= 4 is 0 Å². The molecule has 2 atom stereocenters. The van der Waals surface area contributed by atoms with Crippen molar-refractivity contribution in [2.24, 2.45) is 11.8 Å². The van der Waals surface area contributed by atoms with Crippen LogP contribution in [0, 0.1) is 11.8 Å². The zero-order chi connectivity index (χ0) is 13.2. The number of hydrogen-bond acceptors (Lipinski definition) is 4. The molecule has 5 nitrogen and oxygen atoms in total. The van der Waals surface area contributed by atoms with Gasteiger partial charge in [0.25, 0.3) is 0 Å². The van der Waals surface area contributed by atoms with Gasteiger partial charge in [-0.1, -0.05) is 13.8 Å². The number of hydrogen-bond donors (Lipinski definition) is 1. The van der Waals surface area contributed by atoms with Gasteiger partial charge in [0.2, 0.25) is 0 Å². The summed E-state index contributed by atoms with van der Waals surface area (Å²) < 4.78 is 2.18. The summed E-state index contributed by atoms with van der Waals surface area (Å²) >= 11 is 0. The smallest absolute Gasteiger partial charge is 0.147 e. The molecule has 19 heavy (non-hydrogen) atoms. The maximum absolute atomic E-state index is 4.21. The zero-order valence-corrected chi connectivity index (χ0v) is 12.0. The largest absolute Gasteiger partial charge is 0.316 e. The van der Waals surface area contributed by atoms with E-state index in [-0.39, 0.29) is 0 Å². The maximum Gasteiger partial charge on any atom is 0.147 e. The lowest BCUT2D eigenvalue weighted by molar-refractivity contribution is 0.0394. The molecule has 106 valence electrons. The summed E-state index contributed by atoms with van der Waals surface area (Å²) in [6.07, 6.45) is 4.58. The molecule has 2 heterocycles. The Kier molecular flexibility index (Phi) is 3.84. The molecule has 0 spiro atoms. The molecule has 0 bridgehead atoms. The van der Waals surface area contributed by atoms with Gasteiger partial charge in [-0.2, -0.15) is 0 Å². The summed E-state index contributed by atoms with van der Waals surface area (Å²) in [6, 6.07) is 0.755. The molecule has 1 aliphatic heterocycles. The minimum absolute atomic E-state index is 0.743. The van der Waals surface area contributed by atoms with Gasteiger partial charge in [-0.25, -0.2) is 0 Å². The van der Waals surface area contributed by atoms with E-state index in [0.29, 0.717) is 0 Å². The number of fused-ring (bicyclic) bond motifs is 1. The Morgan fingerprint density at radius 3 is 3.00 bits per heavy atom. The van der Waals surface area contributed by atoms with E-state index in [1.54, 1.807) is 0 Å². The maximum atomic E-state index is 4.21. The number of rotatable bonds is 5. The van der Waals surface area contributed by atoms with Crippen LogP contribution >= 0.6 is 0 Å². The normalized spacial score (nSPS) is 27.3. The summed E-state index contributed by atoms with van der Waals surface area (Å²) in [5, 5.41) is 11.8. The van der Waals surface area contributed by atoms with Crippen molar-refractivity contribution < 1.29 is 0 Å². The van der Waals surface area contributed by atoms with Crippen LogP contribution in [0.4, 0.5) is 0 Å². The minimum atomic E-state index is 0.743. The second-order valence-electron chi connectivity index (χ2n) is 6.37. The summed E-state index contributed by atoms with van der Waals surface area (Å²) in [4.78, 5) is 2.61. The molecular formula is C14H25N5. The monoisotopic (exact) mass is 263 g/mol. The predicted molar refractivity (Wildman–Crippen MR) is 74.7 cm³/mol. The first-order chi connectivity index (χ1) is 9.24. The van der Waals surface area contributed by atoms with Crippen LogP contribution in [0.3, 0.4) is 0 Å². The molecule has 2 unspecified atom stereocenters. The van der Waals surface area contributed by atoms with Gasteiger partial charge in [0.1, 0.15) is 12.2 Å². The van der Waals surface area contributed by atoms with E-state index in [1.165, 1.54) is 19.4 Å². The van der Waals surface area contributed by atoms with Gasteiger partial charge in [-0.3, -0.25) is 4.90 Å². The Morgan fingerprint density at radius 1 is 1.37 bits per heavy atom. The van der Waals surface area contributed by atoms with E-state index in [9.17, 15) is 0 Å². The zero-order valence-electron chi connectivity index (χ0n) is 12.0. The van der Waals surface area contributed by atoms with E-state index < -0.39 is 0 Å². The van der Waals surface area contributed by atoms with Crippen LogP contribution in [-0.4, -0.2) is 45.3 Å².